The van der Waals surface area contributed by atoms with Crippen LogP contribution in [-0.2, 0) is 38.5 Å². The Hall–Kier alpha value is -3.52. The fourth-order valence-electron chi connectivity index (χ4n) is 6.59. The number of anilines is 2. The van der Waals surface area contributed by atoms with Crippen LogP contribution < -0.4 is 11.5 Å². The van der Waals surface area contributed by atoms with E-state index in [0.717, 1.165) is 49.9 Å². The second-order valence-corrected chi connectivity index (χ2v) is 13.6. The molecule has 246 valence electrons. The highest BCUT2D eigenvalue weighted by molar-refractivity contribution is 5.50. The van der Waals surface area contributed by atoms with Crippen molar-refractivity contribution in [2.45, 2.75) is 129 Å². The molecule has 4 N–H and O–H groups in total. The van der Waals surface area contributed by atoms with E-state index in [1.54, 1.807) is 0 Å². The number of nitrogen functional groups attached to an aromatic ring is 2. The molecule has 4 rings (SSSR count). The van der Waals surface area contributed by atoms with E-state index in [1.165, 1.54) is 122 Å². The molecule has 0 bridgehead atoms. The van der Waals surface area contributed by atoms with Crippen molar-refractivity contribution < 1.29 is 0 Å². The first-order valence-electron chi connectivity index (χ1n) is 18.4. The van der Waals surface area contributed by atoms with Gasteiger partial charge >= 0.3 is 0 Å². The van der Waals surface area contributed by atoms with Crippen LogP contribution in [0.2, 0.25) is 0 Å². The van der Waals surface area contributed by atoms with E-state index in [1.807, 2.05) is 0 Å². The first kappa shape index (κ1) is 35.3. The Bertz CT molecular complexity index is 1310. The van der Waals surface area contributed by atoms with Gasteiger partial charge in [-0.2, -0.15) is 0 Å². The highest BCUT2D eigenvalue weighted by Crippen LogP contribution is 2.22. The molecule has 2 nitrogen and oxygen atoms in total. The summed E-state index contributed by atoms with van der Waals surface area (Å²) in [5.74, 6) is 0. The topological polar surface area (TPSA) is 52.0 Å². The highest BCUT2D eigenvalue weighted by Gasteiger charge is 2.06. The van der Waals surface area contributed by atoms with Gasteiger partial charge in [0.1, 0.15) is 0 Å². The molecule has 0 saturated carbocycles. The third kappa shape index (κ3) is 12.3. The average Bonchev–Trinajstić information content (AvgIpc) is 3.07. The largest absolute Gasteiger partial charge is 0.399 e. The van der Waals surface area contributed by atoms with Gasteiger partial charge in [-0.15, -0.1) is 0 Å². The van der Waals surface area contributed by atoms with Gasteiger partial charge in [-0.1, -0.05) is 138 Å². The van der Waals surface area contributed by atoms with Crippen molar-refractivity contribution >= 4 is 11.4 Å². The maximum Gasteiger partial charge on any atom is 0.0346 e. The minimum atomic E-state index is 0.945. The molecule has 0 amide bonds. The summed E-state index contributed by atoms with van der Waals surface area (Å²) in [6.45, 7) is 4.54. The van der Waals surface area contributed by atoms with Gasteiger partial charge in [0.05, 0.1) is 0 Å². The van der Waals surface area contributed by atoms with Crippen LogP contribution in [0, 0.1) is 0 Å². The Morgan fingerprint density at radius 3 is 1.07 bits per heavy atom. The van der Waals surface area contributed by atoms with Crippen molar-refractivity contribution in [3.63, 3.8) is 0 Å². The first-order valence-corrected chi connectivity index (χ1v) is 18.4. The molecule has 4 aromatic carbocycles. The summed E-state index contributed by atoms with van der Waals surface area (Å²) < 4.78 is 0. The van der Waals surface area contributed by atoms with Crippen LogP contribution in [0.15, 0.2) is 84.9 Å². The monoisotopic (exact) mass is 616 g/mol. The van der Waals surface area contributed by atoms with Crippen molar-refractivity contribution in [2.24, 2.45) is 0 Å². The number of unbranched alkanes of at least 4 members (excludes halogenated alkanes) is 9. The summed E-state index contributed by atoms with van der Waals surface area (Å²) in [6, 6.07) is 31.8. The van der Waals surface area contributed by atoms with Gasteiger partial charge in [-0.3, -0.25) is 0 Å². The fourth-order valence-corrected chi connectivity index (χ4v) is 6.59. The maximum absolute atomic E-state index is 6.30. The molecule has 0 aliphatic heterocycles. The van der Waals surface area contributed by atoms with Gasteiger partial charge in [0.2, 0.25) is 0 Å². The number of rotatable bonds is 21. The van der Waals surface area contributed by atoms with E-state index in [0.29, 0.717) is 0 Å². The Balaban J connectivity index is 1.17. The van der Waals surface area contributed by atoms with E-state index >= 15 is 0 Å². The predicted molar refractivity (Wildman–Crippen MR) is 202 cm³/mol. The zero-order valence-corrected chi connectivity index (χ0v) is 29.0. The second kappa shape index (κ2) is 19.9. The Kier molecular flexibility index (Phi) is 15.3. The van der Waals surface area contributed by atoms with E-state index in [-0.39, 0.29) is 0 Å². The number of benzene rings is 4. The number of aryl methyl sites for hydroxylation is 4. The lowest BCUT2D eigenvalue weighted by Gasteiger charge is -2.10. The Morgan fingerprint density at radius 1 is 0.348 bits per heavy atom. The Morgan fingerprint density at radius 2 is 0.674 bits per heavy atom. The molecule has 0 aliphatic carbocycles. The molecule has 0 heterocycles. The van der Waals surface area contributed by atoms with E-state index in [9.17, 15) is 0 Å². The smallest absolute Gasteiger partial charge is 0.0346 e. The van der Waals surface area contributed by atoms with Gasteiger partial charge in [0.25, 0.3) is 0 Å². The zero-order chi connectivity index (χ0) is 32.4. The molecule has 0 aromatic heterocycles. The molecule has 0 spiro atoms. The van der Waals surface area contributed by atoms with E-state index in [2.05, 4.69) is 98.8 Å². The van der Waals surface area contributed by atoms with Crippen LogP contribution in [-0.4, -0.2) is 0 Å². The molecule has 0 fully saturated rings. The van der Waals surface area contributed by atoms with Crippen molar-refractivity contribution in [1.29, 1.82) is 0 Å². The van der Waals surface area contributed by atoms with Gasteiger partial charge in [0.15, 0.2) is 0 Å². The standard InChI is InChI=1S/C44H60N2/c1-3-5-7-9-11-17-41-33-39(27-29-43(41)45)31-37-23-19-35(20-24-37)15-13-14-16-36-21-25-38(26-22-36)32-40-28-30-44(46)42(34-40)18-12-10-8-6-4-2/h19-30,33-34H,3-18,31-32,45-46H2,1-2H3. The van der Waals surface area contributed by atoms with Crippen molar-refractivity contribution in [2.75, 3.05) is 11.5 Å². The zero-order valence-electron chi connectivity index (χ0n) is 29.0. The van der Waals surface area contributed by atoms with Crippen molar-refractivity contribution in [1.82, 2.24) is 0 Å². The number of hydrogen-bond acceptors (Lipinski definition) is 2. The Labute approximate surface area is 281 Å². The highest BCUT2D eigenvalue weighted by atomic mass is 14.6. The van der Waals surface area contributed by atoms with Crippen LogP contribution in [0.5, 0.6) is 0 Å². The summed E-state index contributed by atoms with van der Waals surface area (Å²) >= 11 is 0. The summed E-state index contributed by atoms with van der Waals surface area (Å²) in [5, 5.41) is 0. The summed E-state index contributed by atoms with van der Waals surface area (Å²) in [4.78, 5) is 0. The van der Waals surface area contributed by atoms with Crippen LogP contribution in [0.4, 0.5) is 11.4 Å². The van der Waals surface area contributed by atoms with Gasteiger partial charge in [0, 0.05) is 11.4 Å². The summed E-state index contributed by atoms with van der Waals surface area (Å²) in [7, 11) is 0. The van der Waals surface area contributed by atoms with Crippen LogP contribution >= 0.6 is 0 Å². The van der Waals surface area contributed by atoms with E-state index < -0.39 is 0 Å². The molecule has 0 aliphatic rings. The summed E-state index contributed by atoms with van der Waals surface area (Å²) in [5.41, 5.74) is 25.5. The average molecular weight is 617 g/mol. The molecule has 0 unspecified atom stereocenters. The van der Waals surface area contributed by atoms with Crippen molar-refractivity contribution in [3.8, 4) is 0 Å². The molecule has 0 radical (unpaired) electrons. The van der Waals surface area contributed by atoms with Crippen LogP contribution in [0.25, 0.3) is 0 Å². The van der Waals surface area contributed by atoms with Gasteiger partial charge in [-0.25, -0.2) is 0 Å². The SMILES string of the molecule is CCCCCCCc1cc(Cc2ccc(CCCCc3ccc(Cc4ccc(N)c(CCCCCCC)c4)cc3)cc2)ccc1N. The van der Waals surface area contributed by atoms with Crippen LogP contribution in [0.1, 0.15) is 135 Å². The minimum absolute atomic E-state index is 0.945. The molecule has 2 heteroatoms. The normalized spacial score (nSPS) is 11.3. The lowest BCUT2D eigenvalue weighted by molar-refractivity contribution is 0.632. The van der Waals surface area contributed by atoms with Gasteiger partial charge in [-0.05, 0) is 121 Å². The molecule has 46 heavy (non-hydrogen) atoms. The second-order valence-electron chi connectivity index (χ2n) is 13.6. The van der Waals surface area contributed by atoms with E-state index in [4.69, 9.17) is 11.5 Å². The molecule has 4 aromatic rings. The summed E-state index contributed by atoms with van der Waals surface area (Å²) in [6.07, 6.45) is 21.8. The maximum atomic E-state index is 6.30. The third-order valence-corrected chi connectivity index (χ3v) is 9.56. The van der Waals surface area contributed by atoms with Gasteiger partial charge < -0.3 is 11.5 Å². The molecule has 0 saturated heterocycles. The lowest BCUT2D eigenvalue weighted by atomic mass is 9.96. The van der Waals surface area contributed by atoms with Crippen molar-refractivity contribution in [3.05, 3.63) is 129 Å². The fraction of sp³-hybridized carbons (Fsp3) is 0.455. The minimum Gasteiger partial charge on any atom is -0.399 e. The van der Waals surface area contributed by atoms with Crippen LogP contribution in [0.3, 0.4) is 0 Å². The lowest BCUT2D eigenvalue weighted by Crippen LogP contribution is -1.98. The quantitative estimate of drug-likeness (QED) is 0.0723. The predicted octanol–water partition coefficient (Wildman–Crippen LogP) is 11.6. The molecular formula is C44H60N2. The number of hydrogen-bond donors (Lipinski definition) is 2. The number of nitrogens with two attached hydrogens (primary N) is 2. The first-order chi connectivity index (χ1) is 22.5. The third-order valence-electron chi connectivity index (χ3n) is 9.56. The molecular weight excluding hydrogens is 556 g/mol. The molecule has 0 atom stereocenters.